The van der Waals surface area contributed by atoms with Gasteiger partial charge in [-0.3, -0.25) is 0 Å². The van der Waals surface area contributed by atoms with Gasteiger partial charge in [0.2, 0.25) is 0 Å². The van der Waals surface area contributed by atoms with E-state index in [4.69, 9.17) is 4.74 Å². The molecule has 0 N–H and O–H groups in total. The molecule has 63 heavy (non-hydrogen) atoms. The Morgan fingerprint density at radius 2 is 0.762 bits per heavy atom. The second-order valence-corrected chi connectivity index (χ2v) is 18.1. The molecule has 308 valence electrons. The van der Waals surface area contributed by atoms with Gasteiger partial charge in [-0.25, -0.2) is 0 Å². The lowest BCUT2D eigenvalue weighted by Gasteiger charge is -2.25. The first-order chi connectivity index (χ1) is 31.1. The predicted octanol–water partition coefficient (Wildman–Crippen LogP) is 14.8. The van der Waals surface area contributed by atoms with Crippen LogP contribution in [0.2, 0.25) is 0 Å². The summed E-state index contributed by atoms with van der Waals surface area (Å²) in [5.41, 5.74) is 10.3. The molecule has 0 radical (unpaired) electrons. The number of ether oxygens (including phenoxy) is 1. The van der Waals surface area contributed by atoms with Crippen molar-refractivity contribution < 1.29 is 4.74 Å². The van der Waals surface area contributed by atoms with E-state index in [1.54, 1.807) is 46.2 Å². The summed E-state index contributed by atoms with van der Waals surface area (Å²) in [6.45, 7) is 0. The van der Waals surface area contributed by atoms with Gasteiger partial charge in [-0.15, -0.1) is 20.4 Å². The van der Waals surface area contributed by atoms with Crippen molar-refractivity contribution in [1.82, 2.24) is 20.4 Å². The third-order valence-electron chi connectivity index (χ3n) is 9.95. The van der Waals surface area contributed by atoms with Gasteiger partial charge in [0.25, 0.3) is 0 Å². The second-order valence-electron chi connectivity index (χ2n) is 14.0. The Kier molecular flexibility index (Phi) is 13.2. The first kappa shape index (κ1) is 41.6. The first-order valence-corrected chi connectivity index (χ1v) is 24.2. The minimum Gasteiger partial charge on any atom is -0.457 e. The Morgan fingerprint density at radius 3 is 1.08 bits per heavy atom. The monoisotopic (exact) mass is 892 g/mol. The maximum atomic E-state index is 6.61. The maximum Gasteiger partial charge on any atom is 0.174 e. The highest BCUT2D eigenvalue weighted by Gasteiger charge is 2.22. The van der Waals surface area contributed by atoms with Crippen LogP contribution < -0.4 is 9.80 Å². The number of para-hydroxylation sites is 4. The van der Waals surface area contributed by atoms with E-state index >= 15 is 0 Å². The summed E-state index contributed by atoms with van der Waals surface area (Å²) < 4.78 is 8.37. The van der Waals surface area contributed by atoms with E-state index in [1.807, 2.05) is 61.1 Å². The molecule has 3 heterocycles. The first-order valence-electron chi connectivity index (χ1n) is 20.1. The summed E-state index contributed by atoms with van der Waals surface area (Å²) in [6, 6.07) is 58.8. The Labute approximate surface area is 384 Å². The number of aromatic nitrogens is 4. The minimum absolute atomic E-state index is 0.671. The fourth-order valence-corrected chi connectivity index (χ4v) is 9.75. The summed E-state index contributed by atoms with van der Waals surface area (Å²) in [6.07, 6.45) is 16.3. The van der Waals surface area contributed by atoms with Gasteiger partial charge >= 0.3 is 0 Å². The van der Waals surface area contributed by atoms with Crippen LogP contribution in [-0.2, 0) is 4.74 Å². The van der Waals surface area contributed by atoms with E-state index in [0.29, 0.717) is 11.5 Å². The summed E-state index contributed by atoms with van der Waals surface area (Å²) >= 11 is 6.23. The van der Waals surface area contributed by atoms with Gasteiger partial charge in [0.15, 0.2) is 18.7 Å². The molecule has 6 aromatic carbocycles. The van der Waals surface area contributed by atoms with Crippen LogP contribution in [0.25, 0.3) is 17.7 Å². The summed E-state index contributed by atoms with van der Waals surface area (Å²) in [5, 5.41) is 19.7. The molecule has 7 nitrogen and oxygen atoms in total. The van der Waals surface area contributed by atoms with Crippen molar-refractivity contribution in [3.8, 4) is 0 Å². The average molecular weight is 893 g/mol. The molecule has 1 aliphatic rings. The van der Waals surface area contributed by atoms with Gasteiger partial charge in [-0.2, -0.15) is 0 Å². The van der Waals surface area contributed by atoms with Crippen LogP contribution in [0.5, 0.6) is 0 Å². The van der Waals surface area contributed by atoms with Crippen LogP contribution in [0.4, 0.5) is 34.1 Å². The van der Waals surface area contributed by atoms with Crippen molar-refractivity contribution in [1.29, 1.82) is 0 Å². The highest BCUT2D eigenvalue weighted by molar-refractivity contribution is 8.00. The Bertz CT molecular complexity index is 2650. The smallest absolute Gasteiger partial charge is 0.174 e. The fraction of sp³-hybridized carbons (Fsp3) is 0.0385. The van der Waals surface area contributed by atoms with E-state index in [9.17, 15) is 0 Å². The lowest BCUT2D eigenvalue weighted by atomic mass is 10.0. The Balaban J connectivity index is 1.05. The van der Waals surface area contributed by atoms with E-state index in [2.05, 4.69) is 188 Å². The molecule has 0 fully saturated rings. The zero-order valence-electron chi connectivity index (χ0n) is 34.4. The van der Waals surface area contributed by atoms with E-state index in [1.165, 1.54) is 0 Å². The molecule has 0 atom stereocenters. The van der Waals surface area contributed by atoms with Gasteiger partial charge in [-0.1, -0.05) is 155 Å². The molecule has 8 aromatic rings. The van der Waals surface area contributed by atoms with E-state index in [0.717, 1.165) is 75.1 Å². The van der Waals surface area contributed by atoms with Gasteiger partial charge in [0.1, 0.15) is 11.5 Å². The molecular weight excluding hydrogens is 853 g/mol. The summed E-state index contributed by atoms with van der Waals surface area (Å²) in [7, 11) is 0. The minimum atomic E-state index is 0.671. The van der Waals surface area contributed by atoms with Crippen molar-refractivity contribution in [2.24, 2.45) is 0 Å². The van der Waals surface area contributed by atoms with Crippen molar-refractivity contribution >= 4 is 98.0 Å². The van der Waals surface area contributed by atoms with Crippen LogP contribution >= 0.6 is 46.2 Å². The zero-order chi connectivity index (χ0) is 42.8. The number of hydrogen-bond acceptors (Lipinski definition) is 11. The van der Waals surface area contributed by atoms with E-state index < -0.39 is 0 Å². The number of anilines is 6. The number of allylic oxidation sites excluding steroid dienone is 5. The summed E-state index contributed by atoms with van der Waals surface area (Å²) in [5.74, 6) is 1.34. The SMILES string of the molecule is CSc1nnc(C(=C2C=C(C=Cc3ccc(N(c4ccccc4)c4ccccc4)cc3)OC(C=Cc3ccc(N(c4ccccc4)c4ccccc4)cc3)=C2)c2nnc(SC)s2)s1. The molecule has 9 rings (SSSR count). The van der Waals surface area contributed by atoms with Crippen LogP contribution in [0.15, 0.2) is 220 Å². The third-order valence-corrected chi connectivity index (χ3v) is 13.8. The lowest BCUT2D eigenvalue weighted by Crippen LogP contribution is -2.09. The molecular formula is C52H40N6OS4. The standard InChI is InChI=1S/C52H40N6OS4/c1-60-51-55-53-49(62-51)48(50-54-56-52(61-2)63-50)39-35-46(33-27-37-23-29-44(30-24-37)57(40-15-7-3-8-16-40)41-17-9-4-10-18-41)59-47(36-39)34-28-38-25-31-45(32-26-38)58(42-19-11-5-12-20-42)43-21-13-6-14-22-43/h3-36H,1-2H3. The van der Waals surface area contributed by atoms with Crippen LogP contribution in [0.1, 0.15) is 21.1 Å². The van der Waals surface area contributed by atoms with Gasteiger partial charge in [0, 0.05) is 34.1 Å². The van der Waals surface area contributed by atoms with E-state index in [-0.39, 0.29) is 0 Å². The predicted molar refractivity (Wildman–Crippen MR) is 267 cm³/mol. The number of rotatable bonds is 14. The van der Waals surface area contributed by atoms with Crippen LogP contribution in [0.3, 0.4) is 0 Å². The molecule has 0 bridgehead atoms. The number of benzene rings is 6. The number of hydrogen-bond donors (Lipinski definition) is 0. The Hall–Kier alpha value is -6.76. The zero-order valence-corrected chi connectivity index (χ0v) is 37.6. The van der Waals surface area contributed by atoms with Gasteiger partial charge in [0.05, 0.1) is 5.57 Å². The molecule has 0 saturated carbocycles. The highest BCUT2D eigenvalue weighted by atomic mass is 32.2. The molecule has 11 heteroatoms. The molecule has 0 spiro atoms. The molecule has 0 aliphatic carbocycles. The van der Waals surface area contributed by atoms with Crippen molar-refractivity contribution in [2.75, 3.05) is 22.3 Å². The normalized spacial score (nSPS) is 12.6. The largest absolute Gasteiger partial charge is 0.457 e. The highest BCUT2D eigenvalue weighted by Crippen LogP contribution is 2.39. The maximum absolute atomic E-state index is 6.61. The third kappa shape index (κ3) is 9.98. The summed E-state index contributed by atoms with van der Waals surface area (Å²) in [4.78, 5) is 4.51. The van der Waals surface area contributed by atoms with Gasteiger partial charge < -0.3 is 14.5 Å². The number of thioether (sulfide) groups is 2. The van der Waals surface area contributed by atoms with Crippen molar-refractivity contribution in [3.05, 3.63) is 232 Å². The second kappa shape index (κ2) is 20.0. The number of nitrogens with zero attached hydrogens (tertiary/aromatic N) is 6. The van der Waals surface area contributed by atoms with Crippen LogP contribution in [-0.4, -0.2) is 32.9 Å². The van der Waals surface area contributed by atoms with Gasteiger partial charge in [-0.05, 0) is 126 Å². The molecule has 0 saturated heterocycles. The average Bonchev–Trinajstić information content (AvgIpc) is 4.03. The van der Waals surface area contributed by atoms with Crippen molar-refractivity contribution in [2.45, 2.75) is 8.68 Å². The quantitative estimate of drug-likeness (QED) is 0.0993. The van der Waals surface area contributed by atoms with Crippen molar-refractivity contribution in [3.63, 3.8) is 0 Å². The molecule has 0 unspecified atom stereocenters. The Morgan fingerprint density at radius 1 is 0.429 bits per heavy atom. The fourth-order valence-electron chi connectivity index (χ4n) is 7.01. The molecule has 0 amide bonds. The van der Waals surface area contributed by atoms with Crippen LogP contribution in [0, 0.1) is 0 Å². The topological polar surface area (TPSA) is 67.3 Å². The molecule has 1 aliphatic heterocycles. The molecule has 2 aromatic heterocycles. The lowest BCUT2D eigenvalue weighted by molar-refractivity contribution is 0.332.